The van der Waals surface area contributed by atoms with Crippen LogP contribution in [0.15, 0.2) is 12.8 Å². The van der Waals surface area contributed by atoms with Crippen LogP contribution in [0.1, 0.15) is 13.8 Å². The van der Waals surface area contributed by atoms with Crippen molar-refractivity contribution in [1.82, 2.24) is 10.6 Å². The van der Waals surface area contributed by atoms with Crippen LogP contribution in [0.25, 0.3) is 0 Å². The van der Waals surface area contributed by atoms with Gasteiger partial charge in [0.05, 0.1) is 0 Å². The van der Waals surface area contributed by atoms with E-state index in [2.05, 4.69) is 31.1 Å². The first kappa shape index (κ1) is 8.50. The first-order valence-electron chi connectivity index (χ1n) is 3.39. The Morgan fingerprint density at radius 2 is 2.33 bits per heavy atom. The third-order valence-electron chi connectivity index (χ3n) is 1.10. The van der Waals surface area contributed by atoms with Crippen molar-refractivity contribution in [2.75, 3.05) is 13.1 Å². The molecule has 0 amide bonds. The molecular formula is C7H16N2. The molecule has 0 aliphatic carbocycles. The molecule has 1 unspecified atom stereocenters. The van der Waals surface area contributed by atoms with Gasteiger partial charge in [-0.3, -0.25) is 0 Å². The molecule has 0 aromatic rings. The largest absolute Gasteiger partial charge is 0.388 e. The van der Waals surface area contributed by atoms with Crippen molar-refractivity contribution in [3.8, 4) is 0 Å². The number of hydrogen-bond donors (Lipinski definition) is 2. The molecular weight excluding hydrogens is 112 g/mol. The second kappa shape index (κ2) is 5.63. The maximum absolute atomic E-state index is 3.57. The molecule has 9 heavy (non-hydrogen) atoms. The Kier molecular flexibility index (Phi) is 5.32. The normalized spacial score (nSPS) is 12.7. The molecule has 2 nitrogen and oxygen atoms in total. The Labute approximate surface area is 57.3 Å². The summed E-state index contributed by atoms with van der Waals surface area (Å²) in [5, 5.41) is 6.30. The Morgan fingerprint density at radius 1 is 1.67 bits per heavy atom. The van der Waals surface area contributed by atoms with Crippen molar-refractivity contribution in [1.29, 1.82) is 0 Å². The van der Waals surface area contributed by atoms with Crippen LogP contribution in [0.2, 0.25) is 0 Å². The molecule has 1 atom stereocenters. The number of nitrogens with one attached hydrogen (secondary N) is 2. The van der Waals surface area contributed by atoms with Crippen molar-refractivity contribution >= 4 is 0 Å². The highest BCUT2D eigenvalue weighted by Crippen LogP contribution is 1.75. The van der Waals surface area contributed by atoms with Crippen molar-refractivity contribution in [2.24, 2.45) is 0 Å². The quantitative estimate of drug-likeness (QED) is 0.570. The predicted octanol–water partition coefficient (Wildman–Crippen LogP) is 0.717. The number of hydrogen-bond acceptors (Lipinski definition) is 2. The van der Waals surface area contributed by atoms with Crippen molar-refractivity contribution in [2.45, 2.75) is 19.9 Å². The van der Waals surface area contributed by atoms with Gasteiger partial charge in [0.1, 0.15) is 0 Å². The minimum absolute atomic E-state index is 0.488. The predicted molar refractivity (Wildman–Crippen MR) is 41.3 cm³/mol. The molecule has 54 valence electrons. The average Bonchev–Trinajstić information content (AvgIpc) is 1.85. The molecule has 0 fully saturated rings. The molecule has 0 radical (unpaired) electrons. The van der Waals surface area contributed by atoms with E-state index in [1.54, 1.807) is 6.20 Å². The first-order chi connectivity index (χ1) is 4.31. The molecule has 0 spiro atoms. The van der Waals surface area contributed by atoms with Gasteiger partial charge in [-0.1, -0.05) is 13.5 Å². The fourth-order valence-corrected chi connectivity index (χ4v) is 0.621. The van der Waals surface area contributed by atoms with Gasteiger partial charge in [0, 0.05) is 12.6 Å². The average molecular weight is 128 g/mol. The van der Waals surface area contributed by atoms with E-state index in [9.17, 15) is 0 Å². The Bertz CT molecular complexity index is 71.3. The van der Waals surface area contributed by atoms with E-state index in [0.29, 0.717) is 6.04 Å². The number of likely N-dealkylation sites (N-methyl/N-ethyl adjacent to an activating group) is 1. The molecule has 0 saturated carbocycles. The Balaban J connectivity index is 3.04. The minimum atomic E-state index is 0.488. The summed E-state index contributed by atoms with van der Waals surface area (Å²) in [5.41, 5.74) is 0. The van der Waals surface area contributed by atoms with E-state index in [1.165, 1.54) is 0 Å². The molecule has 0 saturated heterocycles. The van der Waals surface area contributed by atoms with Crippen LogP contribution in [0, 0.1) is 0 Å². The molecule has 0 aliphatic heterocycles. The van der Waals surface area contributed by atoms with Gasteiger partial charge >= 0.3 is 0 Å². The van der Waals surface area contributed by atoms with Crippen molar-refractivity contribution in [3.05, 3.63) is 12.8 Å². The van der Waals surface area contributed by atoms with E-state index < -0.39 is 0 Å². The van der Waals surface area contributed by atoms with Crippen LogP contribution in [-0.2, 0) is 0 Å². The molecule has 2 N–H and O–H groups in total. The number of rotatable bonds is 5. The standard InChI is InChI=1S/C7H16N2/c1-4-8-6-7(3)9-5-2/h5,7-9H,2,4,6H2,1,3H3. The second-order valence-corrected chi connectivity index (χ2v) is 2.08. The molecule has 0 bridgehead atoms. The van der Waals surface area contributed by atoms with Crippen LogP contribution < -0.4 is 10.6 Å². The smallest absolute Gasteiger partial charge is 0.0352 e. The Hall–Kier alpha value is -0.500. The summed E-state index contributed by atoms with van der Waals surface area (Å²) in [6.45, 7) is 9.82. The van der Waals surface area contributed by atoms with Gasteiger partial charge in [0.2, 0.25) is 0 Å². The minimum Gasteiger partial charge on any atom is -0.388 e. The van der Waals surface area contributed by atoms with Gasteiger partial charge in [-0.2, -0.15) is 0 Å². The highest BCUT2D eigenvalue weighted by molar-refractivity contribution is 4.71. The lowest BCUT2D eigenvalue weighted by molar-refractivity contribution is 0.570. The third kappa shape index (κ3) is 5.37. The van der Waals surface area contributed by atoms with Gasteiger partial charge in [-0.15, -0.1) is 0 Å². The van der Waals surface area contributed by atoms with E-state index >= 15 is 0 Å². The summed E-state index contributed by atoms with van der Waals surface area (Å²) in [5.74, 6) is 0. The monoisotopic (exact) mass is 128 g/mol. The molecule has 0 aliphatic rings. The molecule has 2 heteroatoms. The van der Waals surface area contributed by atoms with E-state index in [4.69, 9.17) is 0 Å². The van der Waals surface area contributed by atoms with Crippen LogP contribution in [0.5, 0.6) is 0 Å². The van der Waals surface area contributed by atoms with E-state index in [0.717, 1.165) is 13.1 Å². The Morgan fingerprint density at radius 3 is 2.78 bits per heavy atom. The van der Waals surface area contributed by atoms with Crippen molar-refractivity contribution < 1.29 is 0 Å². The highest BCUT2D eigenvalue weighted by Gasteiger charge is 1.93. The molecule has 0 heterocycles. The van der Waals surface area contributed by atoms with Gasteiger partial charge in [-0.05, 0) is 19.7 Å². The lowest BCUT2D eigenvalue weighted by Gasteiger charge is -2.10. The van der Waals surface area contributed by atoms with E-state index in [-0.39, 0.29) is 0 Å². The zero-order valence-corrected chi connectivity index (χ0v) is 6.28. The van der Waals surface area contributed by atoms with Gasteiger partial charge in [-0.25, -0.2) is 0 Å². The molecule has 0 rings (SSSR count). The van der Waals surface area contributed by atoms with Crippen LogP contribution in [0.4, 0.5) is 0 Å². The van der Waals surface area contributed by atoms with Gasteiger partial charge in [0.25, 0.3) is 0 Å². The summed E-state index contributed by atoms with van der Waals surface area (Å²) in [7, 11) is 0. The maximum Gasteiger partial charge on any atom is 0.0352 e. The maximum atomic E-state index is 3.57. The summed E-state index contributed by atoms with van der Waals surface area (Å²) in [4.78, 5) is 0. The first-order valence-corrected chi connectivity index (χ1v) is 3.39. The summed E-state index contributed by atoms with van der Waals surface area (Å²) in [6, 6.07) is 0.488. The third-order valence-corrected chi connectivity index (χ3v) is 1.10. The lowest BCUT2D eigenvalue weighted by atomic mass is 10.3. The zero-order chi connectivity index (χ0) is 7.11. The topological polar surface area (TPSA) is 24.1 Å². The SMILES string of the molecule is C=CNC(C)CNCC. The zero-order valence-electron chi connectivity index (χ0n) is 6.28. The summed E-state index contributed by atoms with van der Waals surface area (Å²) < 4.78 is 0. The highest BCUT2D eigenvalue weighted by atomic mass is 15.0. The fraction of sp³-hybridized carbons (Fsp3) is 0.714. The van der Waals surface area contributed by atoms with Crippen LogP contribution >= 0.6 is 0 Å². The molecule has 0 aromatic carbocycles. The van der Waals surface area contributed by atoms with Crippen LogP contribution in [0.3, 0.4) is 0 Å². The summed E-state index contributed by atoms with van der Waals surface area (Å²) in [6.07, 6.45) is 1.72. The fourth-order valence-electron chi connectivity index (χ4n) is 0.621. The van der Waals surface area contributed by atoms with E-state index in [1.807, 2.05) is 0 Å². The van der Waals surface area contributed by atoms with Crippen molar-refractivity contribution in [3.63, 3.8) is 0 Å². The molecule has 0 aromatic heterocycles. The van der Waals surface area contributed by atoms with Crippen LogP contribution in [-0.4, -0.2) is 19.1 Å². The van der Waals surface area contributed by atoms with Gasteiger partial charge in [0.15, 0.2) is 0 Å². The lowest BCUT2D eigenvalue weighted by Crippen LogP contribution is -2.32. The summed E-state index contributed by atoms with van der Waals surface area (Å²) >= 11 is 0. The van der Waals surface area contributed by atoms with Gasteiger partial charge < -0.3 is 10.6 Å². The second-order valence-electron chi connectivity index (χ2n) is 2.08.